The van der Waals surface area contributed by atoms with Gasteiger partial charge in [-0.15, -0.1) is 0 Å². The molecule has 0 radical (unpaired) electrons. The molecule has 0 saturated carbocycles. The molecule has 110 valence electrons. The minimum Gasteiger partial charge on any atom is -0.326 e. The first-order chi connectivity index (χ1) is 10.0. The summed E-state index contributed by atoms with van der Waals surface area (Å²) in [7, 11) is 2.00. The average molecular weight is 304 g/mol. The van der Waals surface area contributed by atoms with E-state index in [0.717, 1.165) is 33.3 Å². The molecule has 2 N–H and O–H groups in total. The maximum absolute atomic E-state index is 12.1. The molecule has 0 aromatic heterocycles. The highest BCUT2D eigenvalue weighted by atomic mass is 35.5. The average Bonchev–Trinajstić information content (AvgIpc) is 2.41. The third kappa shape index (κ3) is 4.88. The van der Waals surface area contributed by atoms with E-state index >= 15 is 0 Å². The van der Waals surface area contributed by atoms with E-state index in [1.54, 1.807) is 0 Å². The summed E-state index contributed by atoms with van der Waals surface area (Å²) in [6.07, 6.45) is 0. The standard InChI is InChI=1S/C17H19ClN2O/c1-13-6-3-4-9-16(13)19-17(21)12-20(2)11-14-7-5-8-15(18)10-14/h3-10H,11-12H2,1-2H3,(H,19,21)/p+1. The van der Waals surface area contributed by atoms with E-state index < -0.39 is 0 Å². The Morgan fingerprint density at radius 3 is 2.67 bits per heavy atom. The molecule has 0 heterocycles. The third-order valence-corrected chi connectivity index (χ3v) is 3.51. The van der Waals surface area contributed by atoms with Gasteiger partial charge in [0.15, 0.2) is 6.54 Å². The Hall–Kier alpha value is -1.84. The van der Waals surface area contributed by atoms with E-state index in [9.17, 15) is 4.79 Å². The number of likely N-dealkylation sites (N-methyl/N-ethyl adjacent to an activating group) is 1. The van der Waals surface area contributed by atoms with Crippen molar-refractivity contribution in [1.82, 2.24) is 0 Å². The van der Waals surface area contributed by atoms with Crippen LogP contribution in [0.1, 0.15) is 11.1 Å². The fourth-order valence-electron chi connectivity index (χ4n) is 2.24. The largest absolute Gasteiger partial charge is 0.326 e. The number of benzene rings is 2. The van der Waals surface area contributed by atoms with Crippen molar-refractivity contribution < 1.29 is 9.69 Å². The molecule has 0 bridgehead atoms. The van der Waals surface area contributed by atoms with Crippen molar-refractivity contribution in [2.75, 3.05) is 18.9 Å². The number of carbonyl (C=O) groups excluding carboxylic acids is 1. The Kier molecular flexibility index (Phi) is 5.37. The normalized spacial score (nSPS) is 12.0. The molecule has 21 heavy (non-hydrogen) atoms. The lowest BCUT2D eigenvalue weighted by Crippen LogP contribution is -3.08. The van der Waals surface area contributed by atoms with Gasteiger partial charge in [-0.1, -0.05) is 41.9 Å². The minimum absolute atomic E-state index is 0.0174. The lowest BCUT2D eigenvalue weighted by molar-refractivity contribution is -0.885. The number of amides is 1. The van der Waals surface area contributed by atoms with Gasteiger partial charge >= 0.3 is 0 Å². The molecule has 2 aromatic carbocycles. The molecule has 0 aliphatic heterocycles. The van der Waals surface area contributed by atoms with Crippen LogP contribution in [0.5, 0.6) is 0 Å². The van der Waals surface area contributed by atoms with Gasteiger partial charge in [0.05, 0.1) is 7.05 Å². The van der Waals surface area contributed by atoms with Gasteiger partial charge in [0.1, 0.15) is 6.54 Å². The van der Waals surface area contributed by atoms with E-state index in [-0.39, 0.29) is 5.91 Å². The van der Waals surface area contributed by atoms with Crippen molar-refractivity contribution in [3.63, 3.8) is 0 Å². The number of rotatable bonds is 5. The molecule has 3 nitrogen and oxygen atoms in total. The number of anilines is 1. The number of quaternary nitrogens is 1. The van der Waals surface area contributed by atoms with Crippen molar-refractivity contribution >= 4 is 23.2 Å². The summed E-state index contributed by atoms with van der Waals surface area (Å²) in [5, 5.41) is 3.68. The van der Waals surface area contributed by atoms with Crippen LogP contribution in [0.3, 0.4) is 0 Å². The van der Waals surface area contributed by atoms with E-state index in [2.05, 4.69) is 5.32 Å². The second-order valence-electron chi connectivity index (χ2n) is 5.30. The van der Waals surface area contributed by atoms with Crippen molar-refractivity contribution in [3.8, 4) is 0 Å². The van der Waals surface area contributed by atoms with Crippen LogP contribution in [0.4, 0.5) is 5.69 Å². The maximum Gasteiger partial charge on any atom is 0.279 e. The lowest BCUT2D eigenvalue weighted by atomic mass is 10.2. The summed E-state index contributed by atoms with van der Waals surface area (Å²) < 4.78 is 0. The molecule has 2 rings (SSSR count). The summed E-state index contributed by atoms with van der Waals surface area (Å²) in [5.74, 6) is 0.0174. The first kappa shape index (κ1) is 15.5. The molecular formula is C17H20ClN2O+. The van der Waals surface area contributed by atoms with Gasteiger partial charge in [0.2, 0.25) is 0 Å². The third-order valence-electron chi connectivity index (χ3n) is 3.28. The Balaban J connectivity index is 1.89. The van der Waals surface area contributed by atoms with Crippen molar-refractivity contribution in [2.24, 2.45) is 0 Å². The summed E-state index contributed by atoms with van der Waals surface area (Å²) in [5.41, 5.74) is 3.07. The van der Waals surface area contributed by atoms with Gasteiger partial charge < -0.3 is 10.2 Å². The van der Waals surface area contributed by atoms with Gasteiger partial charge in [-0.25, -0.2) is 0 Å². The smallest absolute Gasteiger partial charge is 0.279 e. The second kappa shape index (κ2) is 7.25. The maximum atomic E-state index is 12.1. The van der Waals surface area contributed by atoms with E-state index in [1.165, 1.54) is 0 Å². The molecule has 0 aliphatic rings. The number of nitrogens with one attached hydrogen (secondary N) is 2. The Bertz CT molecular complexity index is 628. The highest BCUT2D eigenvalue weighted by molar-refractivity contribution is 6.30. The fraction of sp³-hybridized carbons (Fsp3) is 0.235. The van der Waals surface area contributed by atoms with Gasteiger partial charge in [0, 0.05) is 16.3 Å². The SMILES string of the molecule is Cc1ccccc1NC(=O)C[NH+](C)Cc1cccc(Cl)c1. The first-order valence-corrected chi connectivity index (χ1v) is 7.33. The quantitative estimate of drug-likeness (QED) is 0.873. The number of hydrogen-bond donors (Lipinski definition) is 2. The molecule has 1 unspecified atom stereocenters. The predicted octanol–water partition coefficient (Wildman–Crippen LogP) is 2.30. The molecule has 4 heteroatoms. The highest BCUT2D eigenvalue weighted by Gasteiger charge is 2.11. The Morgan fingerprint density at radius 2 is 1.95 bits per heavy atom. The minimum atomic E-state index is 0.0174. The summed E-state index contributed by atoms with van der Waals surface area (Å²) in [6.45, 7) is 3.17. The number of halogens is 1. The van der Waals surface area contributed by atoms with Crippen molar-refractivity contribution in [3.05, 3.63) is 64.7 Å². The molecule has 0 spiro atoms. The highest BCUT2D eigenvalue weighted by Crippen LogP contribution is 2.12. The van der Waals surface area contributed by atoms with Crippen LogP contribution in [-0.4, -0.2) is 19.5 Å². The molecule has 0 saturated heterocycles. The zero-order valence-electron chi connectivity index (χ0n) is 12.3. The van der Waals surface area contributed by atoms with E-state index in [1.807, 2.05) is 62.5 Å². The predicted molar refractivity (Wildman–Crippen MR) is 86.7 cm³/mol. The van der Waals surface area contributed by atoms with Crippen molar-refractivity contribution in [2.45, 2.75) is 13.5 Å². The van der Waals surface area contributed by atoms with Gasteiger partial charge in [0.25, 0.3) is 5.91 Å². The number of para-hydroxylation sites is 1. The molecular weight excluding hydrogens is 284 g/mol. The Labute approximate surface area is 130 Å². The van der Waals surface area contributed by atoms with E-state index in [4.69, 9.17) is 11.6 Å². The number of aryl methyl sites for hydroxylation is 1. The number of hydrogen-bond acceptors (Lipinski definition) is 1. The Morgan fingerprint density at radius 1 is 1.19 bits per heavy atom. The summed E-state index contributed by atoms with van der Waals surface area (Å²) in [6, 6.07) is 15.5. The zero-order valence-corrected chi connectivity index (χ0v) is 13.1. The first-order valence-electron chi connectivity index (χ1n) is 6.96. The molecule has 0 aliphatic carbocycles. The summed E-state index contributed by atoms with van der Waals surface area (Å²) in [4.78, 5) is 13.2. The van der Waals surface area contributed by atoms with Crippen LogP contribution < -0.4 is 10.2 Å². The molecule has 1 amide bonds. The van der Waals surface area contributed by atoms with E-state index in [0.29, 0.717) is 6.54 Å². The second-order valence-corrected chi connectivity index (χ2v) is 5.74. The van der Waals surface area contributed by atoms with Crippen molar-refractivity contribution in [1.29, 1.82) is 0 Å². The topological polar surface area (TPSA) is 33.5 Å². The van der Waals surface area contributed by atoms with Crippen LogP contribution in [0.25, 0.3) is 0 Å². The zero-order chi connectivity index (χ0) is 15.2. The van der Waals surface area contributed by atoms with Crippen LogP contribution >= 0.6 is 11.6 Å². The number of carbonyl (C=O) groups is 1. The van der Waals surface area contributed by atoms with Crippen LogP contribution in [0.15, 0.2) is 48.5 Å². The molecule has 0 fully saturated rings. The molecule has 2 aromatic rings. The van der Waals surface area contributed by atoms with Gasteiger partial charge in [-0.2, -0.15) is 0 Å². The monoisotopic (exact) mass is 303 g/mol. The molecule has 1 atom stereocenters. The van der Waals surface area contributed by atoms with Gasteiger partial charge in [-0.3, -0.25) is 4.79 Å². The summed E-state index contributed by atoms with van der Waals surface area (Å²) >= 11 is 5.97. The van der Waals surface area contributed by atoms with Gasteiger partial charge in [-0.05, 0) is 30.7 Å². The van der Waals surface area contributed by atoms with Crippen LogP contribution in [-0.2, 0) is 11.3 Å². The lowest BCUT2D eigenvalue weighted by Gasteiger charge is -2.14. The van der Waals surface area contributed by atoms with Crippen LogP contribution in [0, 0.1) is 6.92 Å². The van der Waals surface area contributed by atoms with Crippen LogP contribution in [0.2, 0.25) is 5.02 Å². The fourth-order valence-corrected chi connectivity index (χ4v) is 2.45.